The third-order valence-electron chi connectivity index (χ3n) is 2.89. The van der Waals surface area contributed by atoms with Crippen molar-refractivity contribution in [3.05, 3.63) is 23.9 Å². The maximum absolute atomic E-state index is 8.52. The topological polar surface area (TPSA) is 80.7 Å². The van der Waals surface area contributed by atoms with Crippen molar-refractivity contribution in [2.75, 3.05) is 6.61 Å². The number of rotatable bonds is 9. The van der Waals surface area contributed by atoms with E-state index in [1.165, 1.54) is 38.3 Å². The molecule has 0 atom stereocenters. The van der Waals surface area contributed by atoms with Crippen molar-refractivity contribution in [3.8, 4) is 5.88 Å². The van der Waals surface area contributed by atoms with Crippen molar-refractivity contribution >= 4 is 5.84 Å². The summed E-state index contributed by atoms with van der Waals surface area (Å²) in [5.74, 6) is 0.623. The zero-order valence-electron chi connectivity index (χ0n) is 11.5. The summed E-state index contributed by atoms with van der Waals surface area (Å²) in [7, 11) is 0. The Labute approximate surface area is 114 Å². The van der Waals surface area contributed by atoms with Gasteiger partial charge in [-0.05, 0) is 12.5 Å². The molecule has 0 aliphatic carbocycles. The highest BCUT2D eigenvalue weighted by molar-refractivity contribution is 5.96. The largest absolute Gasteiger partial charge is 0.478 e. The first kappa shape index (κ1) is 15.3. The van der Waals surface area contributed by atoms with Gasteiger partial charge in [0.25, 0.3) is 0 Å². The fourth-order valence-electron chi connectivity index (χ4n) is 1.73. The second-order valence-electron chi connectivity index (χ2n) is 4.49. The van der Waals surface area contributed by atoms with Crippen molar-refractivity contribution < 1.29 is 9.94 Å². The Balaban J connectivity index is 2.19. The van der Waals surface area contributed by atoms with E-state index in [9.17, 15) is 0 Å². The fraction of sp³-hybridized carbons (Fsp3) is 0.571. The molecule has 0 aliphatic rings. The smallest absolute Gasteiger partial charge is 0.213 e. The quantitative estimate of drug-likeness (QED) is 0.236. The molecule has 0 aromatic carbocycles. The average molecular weight is 265 g/mol. The van der Waals surface area contributed by atoms with Crippen molar-refractivity contribution in [1.29, 1.82) is 0 Å². The summed E-state index contributed by atoms with van der Waals surface area (Å²) in [6.07, 6.45) is 8.95. The molecule has 1 aromatic rings. The first-order valence-electron chi connectivity index (χ1n) is 6.84. The highest BCUT2D eigenvalue weighted by atomic mass is 16.5. The van der Waals surface area contributed by atoms with Crippen LogP contribution in [0.25, 0.3) is 0 Å². The number of nitrogens with two attached hydrogens (primary N) is 1. The van der Waals surface area contributed by atoms with E-state index in [4.69, 9.17) is 15.7 Å². The first-order valence-corrected chi connectivity index (χ1v) is 6.84. The van der Waals surface area contributed by atoms with Crippen LogP contribution in [-0.2, 0) is 0 Å². The van der Waals surface area contributed by atoms with Gasteiger partial charge in [-0.1, -0.05) is 44.2 Å². The summed E-state index contributed by atoms with van der Waals surface area (Å²) >= 11 is 0. The summed E-state index contributed by atoms with van der Waals surface area (Å²) in [5, 5.41) is 11.4. The minimum atomic E-state index is 0.0509. The van der Waals surface area contributed by atoms with Gasteiger partial charge >= 0.3 is 0 Å². The van der Waals surface area contributed by atoms with Crippen LogP contribution < -0.4 is 10.5 Å². The van der Waals surface area contributed by atoms with Crippen LogP contribution in [0.3, 0.4) is 0 Å². The van der Waals surface area contributed by atoms with E-state index in [1.54, 1.807) is 12.1 Å². The molecule has 5 heteroatoms. The van der Waals surface area contributed by atoms with Crippen LogP contribution in [0.15, 0.2) is 23.5 Å². The van der Waals surface area contributed by atoms with E-state index in [1.807, 2.05) is 0 Å². The molecule has 0 bridgehead atoms. The zero-order chi connectivity index (χ0) is 13.9. The molecule has 19 heavy (non-hydrogen) atoms. The minimum absolute atomic E-state index is 0.0509. The molecular formula is C14H23N3O2. The van der Waals surface area contributed by atoms with E-state index in [0.717, 1.165) is 6.42 Å². The maximum Gasteiger partial charge on any atom is 0.213 e. The standard InChI is InChI=1S/C14H23N3O2/c1-2-3-4-5-6-7-10-19-13-9-8-12(11-16-13)14(15)17-18/h8-9,11,18H,2-7,10H2,1H3,(H2,15,17). The zero-order valence-corrected chi connectivity index (χ0v) is 11.5. The number of amidine groups is 1. The Morgan fingerprint density at radius 3 is 2.63 bits per heavy atom. The van der Waals surface area contributed by atoms with Gasteiger partial charge in [0.15, 0.2) is 5.84 Å². The number of oxime groups is 1. The van der Waals surface area contributed by atoms with E-state index < -0.39 is 0 Å². The molecule has 1 aromatic heterocycles. The first-order chi connectivity index (χ1) is 9.27. The van der Waals surface area contributed by atoms with Crippen LogP contribution in [0, 0.1) is 0 Å². The van der Waals surface area contributed by atoms with Crippen LogP contribution in [0.5, 0.6) is 5.88 Å². The lowest BCUT2D eigenvalue weighted by Gasteiger charge is -2.05. The number of unbranched alkanes of at least 4 members (excludes halogenated alkanes) is 5. The number of ether oxygens (including phenoxy) is 1. The maximum atomic E-state index is 8.52. The van der Waals surface area contributed by atoms with Gasteiger partial charge in [0.2, 0.25) is 5.88 Å². The second kappa shape index (κ2) is 9.19. The molecule has 0 saturated heterocycles. The molecule has 0 radical (unpaired) electrons. The normalized spacial score (nSPS) is 11.5. The molecule has 0 unspecified atom stereocenters. The van der Waals surface area contributed by atoms with Crippen LogP contribution in [-0.4, -0.2) is 22.6 Å². The molecule has 5 nitrogen and oxygen atoms in total. The Morgan fingerprint density at radius 2 is 2.00 bits per heavy atom. The molecule has 0 aliphatic heterocycles. The molecule has 0 amide bonds. The molecule has 1 rings (SSSR count). The van der Waals surface area contributed by atoms with Crippen molar-refractivity contribution in [2.24, 2.45) is 10.9 Å². The predicted molar refractivity (Wildman–Crippen MR) is 75.6 cm³/mol. The summed E-state index contributed by atoms with van der Waals surface area (Å²) in [6.45, 7) is 2.90. The van der Waals surface area contributed by atoms with Crippen LogP contribution >= 0.6 is 0 Å². The molecule has 106 valence electrons. The summed E-state index contributed by atoms with van der Waals surface area (Å²) in [6, 6.07) is 3.45. The lowest BCUT2D eigenvalue weighted by Crippen LogP contribution is -2.13. The fourth-order valence-corrected chi connectivity index (χ4v) is 1.73. The Bertz CT molecular complexity index is 377. The van der Waals surface area contributed by atoms with Crippen LogP contribution in [0.1, 0.15) is 51.0 Å². The van der Waals surface area contributed by atoms with Gasteiger partial charge in [-0.3, -0.25) is 0 Å². The molecule has 0 spiro atoms. The second-order valence-corrected chi connectivity index (χ2v) is 4.49. The molecule has 1 heterocycles. The number of hydrogen-bond donors (Lipinski definition) is 2. The van der Waals surface area contributed by atoms with Gasteiger partial charge in [-0.2, -0.15) is 0 Å². The molecule has 0 fully saturated rings. The summed E-state index contributed by atoms with van der Waals surface area (Å²) in [5.41, 5.74) is 6.02. The summed E-state index contributed by atoms with van der Waals surface area (Å²) < 4.78 is 5.53. The number of aromatic nitrogens is 1. The lowest BCUT2D eigenvalue weighted by molar-refractivity contribution is 0.293. The molecular weight excluding hydrogens is 242 g/mol. The minimum Gasteiger partial charge on any atom is -0.478 e. The van der Waals surface area contributed by atoms with Crippen molar-refractivity contribution in [2.45, 2.75) is 45.4 Å². The number of hydrogen-bond acceptors (Lipinski definition) is 4. The van der Waals surface area contributed by atoms with E-state index in [2.05, 4.69) is 17.1 Å². The number of nitrogens with zero attached hydrogens (tertiary/aromatic N) is 2. The van der Waals surface area contributed by atoms with Gasteiger partial charge in [0, 0.05) is 17.8 Å². The summed E-state index contributed by atoms with van der Waals surface area (Å²) in [4.78, 5) is 4.10. The predicted octanol–water partition coefficient (Wildman–Crippen LogP) is 2.92. The molecule has 0 saturated carbocycles. The van der Waals surface area contributed by atoms with Crippen molar-refractivity contribution in [1.82, 2.24) is 4.98 Å². The van der Waals surface area contributed by atoms with Gasteiger partial charge < -0.3 is 15.7 Å². The Morgan fingerprint density at radius 1 is 1.26 bits per heavy atom. The van der Waals surface area contributed by atoms with Gasteiger partial charge in [0.1, 0.15) is 0 Å². The highest BCUT2D eigenvalue weighted by Gasteiger charge is 2.00. The SMILES string of the molecule is CCCCCCCCOc1ccc(/C(N)=N/O)cn1. The van der Waals surface area contributed by atoms with Gasteiger partial charge in [0.05, 0.1) is 6.61 Å². The third-order valence-corrected chi connectivity index (χ3v) is 2.89. The highest BCUT2D eigenvalue weighted by Crippen LogP contribution is 2.09. The van der Waals surface area contributed by atoms with Crippen LogP contribution in [0.2, 0.25) is 0 Å². The number of pyridine rings is 1. The van der Waals surface area contributed by atoms with Gasteiger partial charge in [-0.15, -0.1) is 0 Å². The molecule has 3 N–H and O–H groups in total. The Kier molecular flexibility index (Phi) is 7.39. The van der Waals surface area contributed by atoms with E-state index >= 15 is 0 Å². The van der Waals surface area contributed by atoms with Gasteiger partial charge in [-0.25, -0.2) is 4.98 Å². The Hall–Kier alpha value is -1.78. The third kappa shape index (κ3) is 6.08. The van der Waals surface area contributed by atoms with Crippen molar-refractivity contribution in [3.63, 3.8) is 0 Å². The van der Waals surface area contributed by atoms with Crippen LogP contribution in [0.4, 0.5) is 0 Å². The lowest BCUT2D eigenvalue weighted by atomic mass is 10.1. The monoisotopic (exact) mass is 265 g/mol. The van der Waals surface area contributed by atoms with E-state index in [0.29, 0.717) is 18.1 Å². The van der Waals surface area contributed by atoms with E-state index in [-0.39, 0.29) is 5.84 Å². The average Bonchev–Trinajstić information content (AvgIpc) is 2.46.